The van der Waals surface area contributed by atoms with E-state index in [-0.39, 0.29) is 29.0 Å². The van der Waals surface area contributed by atoms with Crippen LogP contribution in [0.5, 0.6) is 0 Å². The molecular weight excluding hydrogens is 464 g/mol. The maximum atomic E-state index is 12.7. The summed E-state index contributed by atoms with van der Waals surface area (Å²) in [5.74, 6) is -1.48. The Hall–Kier alpha value is -2.46. The Morgan fingerprint density at radius 1 is 1.12 bits per heavy atom. The van der Waals surface area contributed by atoms with Crippen molar-refractivity contribution in [1.29, 1.82) is 0 Å². The molecule has 1 aromatic carbocycles. The van der Waals surface area contributed by atoms with E-state index in [0.717, 1.165) is 49.1 Å². The van der Waals surface area contributed by atoms with E-state index in [1.165, 1.54) is 5.56 Å². The monoisotopic (exact) mass is 492 g/mol. The average Bonchev–Trinajstić information content (AvgIpc) is 3.06. The first-order valence-corrected chi connectivity index (χ1v) is 12.0. The van der Waals surface area contributed by atoms with Gasteiger partial charge in [0.1, 0.15) is 5.00 Å². The summed E-state index contributed by atoms with van der Waals surface area (Å²) in [7, 11) is 0. The molecule has 1 aromatic heterocycles. The van der Waals surface area contributed by atoms with Crippen molar-refractivity contribution in [3.63, 3.8) is 0 Å². The predicted octanol–water partition coefficient (Wildman–Crippen LogP) is 3.13. The zero-order valence-electron chi connectivity index (χ0n) is 19.0. The van der Waals surface area contributed by atoms with Gasteiger partial charge in [0.2, 0.25) is 5.91 Å². The van der Waals surface area contributed by atoms with E-state index in [2.05, 4.69) is 15.1 Å². The van der Waals surface area contributed by atoms with Crippen molar-refractivity contribution >= 4 is 45.7 Å². The minimum absolute atomic E-state index is 0.184. The number of benzene rings is 1. The highest BCUT2D eigenvalue weighted by molar-refractivity contribution is 7.18. The van der Waals surface area contributed by atoms with Crippen LogP contribution in [0, 0.1) is 6.92 Å². The summed E-state index contributed by atoms with van der Waals surface area (Å²) in [5, 5.41) is 3.80. The number of anilines is 1. The van der Waals surface area contributed by atoms with Crippen LogP contribution in [0.25, 0.3) is 0 Å². The standard InChI is InChI=1S/C23H29ClN4O4S/c1-14(2)32-23(31)19-15(3)20(21(25)30)33-22(19)26-18(29)13-28-10-8-27(9-11-28)12-16-4-6-17(24)7-5-16/h4-7,14H,8-13H2,1-3H3,(H2,25,30)(H,26,29). The first-order chi connectivity index (χ1) is 15.6. The number of hydrogen-bond acceptors (Lipinski definition) is 7. The van der Waals surface area contributed by atoms with Crippen LogP contribution in [0.1, 0.15) is 45.0 Å². The maximum absolute atomic E-state index is 12.7. The number of nitrogens with two attached hydrogens (primary N) is 1. The number of carbonyl (C=O) groups is 3. The number of primary amides is 1. The van der Waals surface area contributed by atoms with Gasteiger partial charge in [0, 0.05) is 37.7 Å². The molecule has 1 saturated heterocycles. The molecule has 1 fully saturated rings. The van der Waals surface area contributed by atoms with E-state index in [4.69, 9.17) is 22.1 Å². The molecule has 3 N–H and O–H groups in total. The number of thiophene rings is 1. The lowest BCUT2D eigenvalue weighted by Crippen LogP contribution is -2.48. The normalized spacial score (nSPS) is 14.9. The largest absolute Gasteiger partial charge is 0.459 e. The summed E-state index contributed by atoms with van der Waals surface area (Å²) < 4.78 is 5.29. The van der Waals surface area contributed by atoms with Crippen molar-refractivity contribution < 1.29 is 19.1 Å². The summed E-state index contributed by atoms with van der Waals surface area (Å²) in [6.07, 6.45) is -0.332. The third-order valence-corrected chi connectivity index (χ3v) is 6.80. The SMILES string of the molecule is Cc1c(C(N)=O)sc(NC(=O)CN2CCN(Cc3ccc(Cl)cc3)CC2)c1C(=O)OC(C)C. The Labute approximate surface area is 202 Å². The highest BCUT2D eigenvalue weighted by atomic mass is 35.5. The van der Waals surface area contributed by atoms with Crippen LogP contribution in [0.4, 0.5) is 5.00 Å². The van der Waals surface area contributed by atoms with Crippen molar-refractivity contribution in [3.05, 3.63) is 50.9 Å². The highest BCUT2D eigenvalue weighted by Crippen LogP contribution is 2.33. The molecule has 8 nitrogen and oxygen atoms in total. The van der Waals surface area contributed by atoms with E-state index in [1.54, 1.807) is 20.8 Å². The zero-order chi connectivity index (χ0) is 24.1. The van der Waals surface area contributed by atoms with Crippen molar-refractivity contribution in [2.24, 2.45) is 5.73 Å². The van der Waals surface area contributed by atoms with Crippen LogP contribution in [-0.4, -0.2) is 66.4 Å². The van der Waals surface area contributed by atoms with Gasteiger partial charge in [-0.2, -0.15) is 0 Å². The Morgan fingerprint density at radius 3 is 2.30 bits per heavy atom. The second kappa shape index (κ2) is 11.1. The molecule has 0 spiro atoms. The number of hydrogen-bond donors (Lipinski definition) is 2. The molecular formula is C23H29ClN4O4S. The first-order valence-electron chi connectivity index (χ1n) is 10.8. The summed E-state index contributed by atoms with van der Waals surface area (Å²) in [6.45, 7) is 9.30. The molecule has 0 saturated carbocycles. The topological polar surface area (TPSA) is 105 Å². The number of halogens is 1. The summed E-state index contributed by atoms with van der Waals surface area (Å²) in [5.41, 5.74) is 7.24. The number of carbonyl (C=O) groups excluding carboxylic acids is 3. The van der Waals surface area contributed by atoms with E-state index >= 15 is 0 Å². The second-order valence-electron chi connectivity index (χ2n) is 8.31. The molecule has 2 heterocycles. The molecule has 33 heavy (non-hydrogen) atoms. The molecule has 0 aliphatic carbocycles. The Bertz CT molecular complexity index is 1010. The molecule has 0 atom stereocenters. The third kappa shape index (κ3) is 6.77. The number of nitrogens with zero attached hydrogens (tertiary/aromatic N) is 2. The maximum Gasteiger partial charge on any atom is 0.341 e. The third-order valence-electron chi connectivity index (χ3n) is 5.32. The highest BCUT2D eigenvalue weighted by Gasteiger charge is 2.27. The first kappa shape index (κ1) is 25.2. The van der Waals surface area contributed by atoms with Gasteiger partial charge in [-0.15, -0.1) is 11.3 Å². The number of esters is 1. The predicted molar refractivity (Wildman–Crippen MR) is 130 cm³/mol. The van der Waals surface area contributed by atoms with Crippen LogP contribution in [0.15, 0.2) is 24.3 Å². The van der Waals surface area contributed by atoms with Crippen molar-refractivity contribution in [3.8, 4) is 0 Å². The van der Waals surface area contributed by atoms with Gasteiger partial charge >= 0.3 is 5.97 Å². The number of amides is 2. The molecule has 2 amide bonds. The molecule has 178 valence electrons. The van der Waals surface area contributed by atoms with Gasteiger partial charge in [0.25, 0.3) is 5.91 Å². The fraction of sp³-hybridized carbons (Fsp3) is 0.435. The van der Waals surface area contributed by atoms with Gasteiger partial charge in [0.05, 0.1) is 23.1 Å². The lowest BCUT2D eigenvalue weighted by atomic mass is 10.1. The number of ether oxygens (including phenoxy) is 1. The van der Waals surface area contributed by atoms with Gasteiger partial charge < -0.3 is 15.8 Å². The van der Waals surface area contributed by atoms with Crippen LogP contribution in [0.3, 0.4) is 0 Å². The van der Waals surface area contributed by atoms with Crippen LogP contribution < -0.4 is 11.1 Å². The summed E-state index contributed by atoms with van der Waals surface area (Å²) in [4.78, 5) is 41.7. The summed E-state index contributed by atoms with van der Waals surface area (Å²) in [6, 6.07) is 7.82. The fourth-order valence-corrected chi connectivity index (χ4v) is 4.87. The average molecular weight is 493 g/mol. The lowest BCUT2D eigenvalue weighted by Gasteiger charge is -2.34. The Balaban J connectivity index is 1.58. The molecule has 3 rings (SSSR count). The quantitative estimate of drug-likeness (QED) is 0.548. The fourth-order valence-electron chi connectivity index (χ4n) is 3.68. The van der Waals surface area contributed by atoms with Crippen molar-refractivity contribution in [2.45, 2.75) is 33.4 Å². The van der Waals surface area contributed by atoms with Crippen molar-refractivity contribution in [1.82, 2.24) is 9.80 Å². The smallest absolute Gasteiger partial charge is 0.341 e. The summed E-state index contributed by atoms with van der Waals surface area (Å²) >= 11 is 6.95. The van der Waals surface area contributed by atoms with E-state index < -0.39 is 11.9 Å². The van der Waals surface area contributed by atoms with Crippen molar-refractivity contribution in [2.75, 3.05) is 38.0 Å². The lowest BCUT2D eigenvalue weighted by molar-refractivity contribution is -0.117. The van der Waals surface area contributed by atoms with Crippen LogP contribution in [0.2, 0.25) is 5.02 Å². The minimum Gasteiger partial charge on any atom is -0.459 e. The molecule has 1 aliphatic heterocycles. The number of nitrogens with one attached hydrogen (secondary N) is 1. The van der Waals surface area contributed by atoms with Gasteiger partial charge in [-0.05, 0) is 44.0 Å². The minimum atomic E-state index is -0.645. The molecule has 0 unspecified atom stereocenters. The van der Waals surface area contributed by atoms with Crippen LogP contribution in [-0.2, 0) is 16.1 Å². The van der Waals surface area contributed by atoms with Crippen LogP contribution >= 0.6 is 22.9 Å². The molecule has 1 aliphatic rings. The molecule has 0 radical (unpaired) electrons. The van der Waals surface area contributed by atoms with Gasteiger partial charge in [-0.25, -0.2) is 4.79 Å². The van der Waals surface area contributed by atoms with E-state index in [9.17, 15) is 14.4 Å². The van der Waals surface area contributed by atoms with Gasteiger partial charge in [0.15, 0.2) is 0 Å². The zero-order valence-corrected chi connectivity index (χ0v) is 20.6. The Morgan fingerprint density at radius 2 is 1.73 bits per heavy atom. The second-order valence-corrected chi connectivity index (χ2v) is 9.76. The number of piperazine rings is 1. The van der Waals surface area contributed by atoms with Gasteiger partial charge in [-0.1, -0.05) is 23.7 Å². The van der Waals surface area contributed by atoms with Gasteiger partial charge in [-0.3, -0.25) is 19.4 Å². The molecule has 2 aromatic rings. The molecule has 10 heteroatoms. The Kier molecular flexibility index (Phi) is 8.47. The number of rotatable bonds is 8. The molecule has 0 bridgehead atoms. The van der Waals surface area contributed by atoms with E-state index in [0.29, 0.717) is 10.6 Å². The van der Waals surface area contributed by atoms with E-state index in [1.807, 2.05) is 24.3 Å².